The van der Waals surface area contributed by atoms with Crippen LogP contribution in [0.3, 0.4) is 0 Å². The van der Waals surface area contributed by atoms with Crippen molar-refractivity contribution in [3.63, 3.8) is 0 Å². The van der Waals surface area contributed by atoms with Gasteiger partial charge in [-0.1, -0.05) is 0 Å². The van der Waals surface area contributed by atoms with Gasteiger partial charge in [-0.05, 0) is 32.1 Å². The van der Waals surface area contributed by atoms with Crippen LogP contribution in [0.1, 0.15) is 30.6 Å². The predicted octanol–water partition coefficient (Wildman–Crippen LogP) is 0.410. The first-order chi connectivity index (χ1) is 10.5. The van der Waals surface area contributed by atoms with E-state index in [0.717, 1.165) is 25.2 Å². The minimum Gasteiger partial charge on any atom is -0.329 e. The van der Waals surface area contributed by atoms with Gasteiger partial charge in [0.05, 0.1) is 24.1 Å². The molecular weight excluding hydrogens is 284 g/mol. The SMILES string of the molecule is CC(C)[NH+]1CC=C(NNC(=O)c2ccc([N+](=O)[O-])cc2)CC1. The van der Waals surface area contributed by atoms with E-state index in [2.05, 4.69) is 30.8 Å². The highest BCUT2D eigenvalue weighted by Gasteiger charge is 2.17. The molecule has 1 aliphatic heterocycles. The summed E-state index contributed by atoms with van der Waals surface area (Å²) in [7, 11) is 0. The van der Waals surface area contributed by atoms with E-state index in [1.807, 2.05) is 0 Å². The zero-order valence-electron chi connectivity index (χ0n) is 12.8. The van der Waals surface area contributed by atoms with E-state index in [0.29, 0.717) is 11.6 Å². The van der Waals surface area contributed by atoms with Crippen LogP contribution in [0.15, 0.2) is 36.0 Å². The highest BCUT2D eigenvalue weighted by Crippen LogP contribution is 2.11. The Labute approximate surface area is 129 Å². The first kappa shape index (κ1) is 16.0. The maximum Gasteiger partial charge on any atom is 0.269 e. The van der Waals surface area contributed by atoms with Gasteiger partial charge in [0.25, 0.3) is 11.6 Å². The van der Waals surface area contributed by atoms with Crippen LogP contribution in [0.4, 0.5) is 5.69 Å². The van der Waals surface area contributed by atoms with Crippen LogP contribution in [-0.2, 0) is 0 Å². The molecule has 118 valence electrons. The minimum absolute atomic E-state index is 0.0312. The summed E-state index contributed by atoms with van der Waals surface area (Å²) in [5.74, 6) is -0.311. The van der Waals surface area contributed by atoms with Crippen LogP contribution in [0.5, 0.6) is 0 Å². The fraction of sp³-hybridized carbons (Fsp3) is 0.400. The fourth-order valence-corrected chi connectivity index (χ4v) is 2.34. The van der Waals surface area contributed by atoms with Gasteiger partial charge in [-0.25, -0.2) is 0 Å². The Bertz CT molecular complexity index is 581. The molecule has 1 heterocycles. The van der Waals surface area contributed by atoms with Gasteiger partial charge in [0.1, 0.15) is 0 Å². The average molecular weight is 305 g/mol. The first-order valence-electron chi connectivity index (χ1n) is 7.32. The molecule has 2 rings (SSSR count). The summed E-state index contributed by atoms with van der Waals surface area (Å²) in [4.78, 5) is 23.6. The lowest BCUT2D eigenvalue weighted by Gasteiger charge is -2.27. The maximum absolute atomic E-state index is 12.0. The third kappa shape index (κ3) is 4.05. The number of benzene rings is 1. The number of rotatable bonds is 5. The minimum atomic E-state index is -0.490. The van der Waals surface area contributed by atoms with Crippen molar-refractivity contribution in [3.05, 3.63) is 51.7 Å². The summed E-state index contributed by atoms with van der Waals surface area (Å²) in [6, 6.07) is 6.11. The Morgan fingerprint density at radius 1 is 1.32 bits per heavy atom. The summed E-state index contributed by atoms with van der Waals surface area (Å²) in [6.07, 6.45) is 2.98. The van der Waals surface area contributed by atoms with Crippen LogP contribution in [0.25, 0.3) is 0 Å². The summed E-state index contributed by atoms with van der Waals surface area (Å²) < 4.78 is 0. The Kier molecular flexibility index (Phi) is 5.11. The smallest absolute Gasteiger partial charge is 0.269 e. The number of nitrogens with one attached hydrogen (secondary N) is 3. The van der Waals surface area contributed by atoms with Crippen molar-refractivity contribution in [2.24, 2.45) is 0 Å². The number of non-ortho nitro benzene ring substituents is 1. The maximum atomic E-state index is 12.0. The average Bonchev–Trinajstić information content (AvgIpc) is 2.53. The number of nitrogens with zero attached hydrogens (tertiary/aromatic N) is 1. The summed E-state index contributed by atoms with van der Waals surface area (Å²) in [5.41, 5.74) is 6.90. The predicted molar refractivity (Wildman–Crippen MR) is 82.2 cm³/mol. The van der Waals surface area contributed by atoms with E-state index in [1.165, 1.54) is 29.2 Å². The molecule has 0 aromatic heterocycles. The monoisotopic (exact) mass is 305 g/mol. The Balaban J connectivity index is 1.87. The lowest BCUT2D eigenvalue weighted by molar-refractivity contribution is -0.917. The van der Waals surface area contributed by atoms with Gasteiger partial charge in [0.15, 0.2) is 0 Å². The molecule has 1 aliphatic rings. The molecule has 0 fully saturated rings. The first-order valence-corrected chi connectivity index (χ1v) is 7.32. The number of nitro groups is 1. The van der Waals surface area contributed by atoms with Gasteiger partial charge in [0, 0.05) is 29.8 Å². The molecule has 0 saturated heterocycles. The molecule has 1 aromatic rings. The molecule has 3 N–H and O–H groups in total. The molecule has 0 aliphatic carbocycles. The van der Waals surface area contributed by atoms with Gasteiger partial charge >= 0.3 is 0 Å². The second-order valence-corrected chi connectivity index (χ2v) is 5.63. The van der Waals surface area contributed by atoms with Crippen LogP contribution in [0, 0.1) is 10.1 Å². The quantitative estimate of drug-likeness (QED) is 0.543. The van der Waals surface area contributed by atoms with Crippen molar-refractivity contribution in [1.82, 2.24) is 10.9 Å². The molecule has 0 spiro atoms. The number of amides is 1. The van der Waals surface area contributed by atoms with Gasteiger partial charge in [-0.2, -0.15) is 0 Å². The zero-order chi connectivity index (χ0) is 16.1. The number of carbonyl (C=O) groups is 1. The van der Waals surface area contributed by atoms with Crippen LogP contribution >= 0.6 is 0 Å². The van der Waals surface area contributed by atoms with E-state index in [1.54, 1.807) is 0 Å². The second kappa shape index (κ2) is 7.04. The Morgan fingerprint density at radius 3 is 2.50 bits per heavy atom. The lowest BCUT2D eigenvalue weighted by atomic mass is 10.1. The second-order valence-electron chi connectivity index (χ2n) is 5.63. The van der Waals surface area contributed by atoms with E-state index in [4.69, 9.17) is 0 Å². The normalized spacial score (nSPS) is 17.8. The standard InChI is InChI=1S/C15H20N4O3/c1-11(2)18-9-7-13(8-10-18)16-17-15(20)12-3-5-14(6-4-12)19(21)22/h3-7,11,16H,8-10H2,1-2H3,(H,17,20)/p+1. The van der Waals surface area contributed by atoms with Crippen molar-refractivity contribution >= 4 is 11.6 Å². The van der Waals surface area contributed by atoms with Crippen molar-refractivity contribution in [1.29, 1.82) is 0 Å². The van der Waals surface area contributed by atoms with Crippen molar-refractivity contribution in [3.8, 4) is 0 Å². The third-order valence-electron chi connectivity index (χ3n) is 3.82. The number of quaternary nitrogens is 1. The molecule has 0 bridgehead atoms. The zero-order valence-corrected chi connectivity index (χ0v) is 12.8. The fourth-order valence-electron chi connectivity index (χ4n) is 2.34. The molecule has 1 aromatic carbocycles. The molecule has 1 amide bonds. The van der Waals surface area contributed by atoms with Crippen molar-refractivity contribution in [2.75, 3.05) is 13.1 Å². The van der Waals surface area contributed by atoms with Crippen molar-refractivity contribution < 1.29 is 14.6 Å². The number of hydrogen-bond donors (Lipinski definition) is 3. The van der Waals surface area contributed by atoms with E-state index >= 15 is 0 Å². The van der Waals surface area contributed by atoms with Crippen LogP contribution < -0.4 is 15.8 Å². The molecule has 22 heavy (non-hydrogen) atoms. The Morgan fingerprint density at radius 2 is 2.00 bits per heavy atom. The number of hydrogen-bond acceptors (Lipinski definition) is 4. The number of nitro benzene ring substituents is 1. The summed E-state index contributed by atoms with van der Waals surface area (Å²) in [6.45, 7) is 6.35. The van der Waals surface area contributed by atoms with Gasteiger partial charge < -0.3 is 10.3 Å². The summed E-state index contributed by atoms with van der Waals surface area (Å²) in [5, 5.41) is 10.6. The molecule has 1 unspecified atom stereocenters. The van der Waals surface area contributed by atoms with Crippen LogP contribution in [-0.4, -0.2) is 30.0 Å². The van der Waals surface area contributed by atoms with E-state index < -0.39 is 4.92 Å². The van der Waals surface area contributed by atoms with Gasteiger partial charge in [-0.3, -0.25) is 20.3 Å². The lowest BCUT2D eigenvalue weighted by Crippen LogP contribution is -3.15. The highest BCUT2D eigenvalue weighted by molar-refractivity contribution is 5.94. The highest BCUT2D eigenvalue weighted by atomic mass is 16.6. The molecule has 7 heteroatoms. The van der Waals surface area contributed by atoms with E-state index in [-0.39, 0.29) is 11.6 Å². The van der Waals surface area contributed by atoms with E-state index in [9.17, 15) is 14.9 Å². The molecule has 1 atom stereocenters. The van der Waals surface area contributed by atoms with Gasteiger partial charge in [0.2, 0.25) is 0 Å². The molecule has 0 radical (unpaired) electrons. The topological polar surface area (TPSA) is 88.7 Å². The van der Waals surface area contributed by atoms with Gasteiger partial charge in [-0.15, -0.1) is 0 Å². The number of carbonyl (C=O) groups excluding carboxylic acids is 1. The molecule has 0 saturated carbocycles. The number of hydrazine groups is 1. The third-order valence-corrected chi connectivity index (χ3v) is 3.82. The summed E-state index contributed by atoms with van der Waals surface area (Å²) >= 11 is 0. The van der Waals surface area contributed by atoms with Crippen LogP contribution in [0.2, 0.25) is 0 Å². The van der Waals surface area contributed by atoms with Crippen molar-refractivity contribution in [2.45, 2.75) is 26.3 Å². The largest absolute Gasteiger partial charge is 0.329 e. The molecule has 7 nitrogen and oxygen atoms in total. The Hall–Kier alpha value is -2.41. The molecular formula is C15H21N4O3+.